The minimum Gasteiger partial charge on any atom is -0.449 e. The predicted octanol–water partition coefficient (Wildman–Crippen LogP) is 4.16. The highest BCUT2D eigenvalue weighted by molar-refractivity contribution is 9.10. The second-order valence-electron chi connectivity index (χ2n) is 5.33. The fourth-order valence-corrected chi connectivity index (χ4v) is 2.52. The molecule has 7 heteroatoms. The summed E-state index contributed by atoms with van der Waals surface area (Å²) in [5.41, 5.74) is 2.07. The van der Waals surface area contributed by atoms with Crippen LogP contribution in [0.15, 0.2) is 57.7 Å². The molecule has 3 aromatic rings. The van der Waals surface area contributed by atoms with Gasteiger partial charge in [-0.2, -0.15) is 0 Å². The SMILES string of the molecule is CCC(OC(=O)c1ccc2ncoc2c1)C(=O)Nc1ccc(Br)cc1. The monoisotopic (exact) mass is 402 g/mol. The number of aromatic nitrogens is 1. The Hall–Kier alpha value is -2.67. The quantitative estimate of drug-likeness (QED) is 0.647. The lowest BCUT2D eigenvalue weighted by molar-refractivity contribution is -0.124. The van der Waals surface area contributed by atoms with E-state index in [1.807, 2.05) is 12.1 Å². The number of hydrogen-bond acceptors (Lipinski definition) is 5. The largest absolute Gasteiger partial charge is 0.449 e. The maximum atomic E-state index is 12.3. The Morgan fingerprint density at radius 3 is 2.72 bits per heavy atom. The van der Waals surface area contributed by atoms with Gasteiger partial charge in [0.1, 0.15) is 5.52 Å². The number of amides is 1. The summed E-state index contributed by atoms with van der Waals surface area (Å²) in [5, 5.41) is 2.74. The molecule has 6 nitrogen and oxygen atoms in total. The Morgan fingerprint density at radius 1 is 1.24 bits per heavy atom. The molecule has 0 aliphatic rings. The number of hydrogen-bond donors (Lipinski definition) is 1. The summed E-state index contributed by atoms with van der Waals surface area (Å²) in [6.07, 6.45) is 0.778. The van der Waals surface area contributed by atoms with Gasteiger partial charge in [-0.15, -0.1) is 0 Å². The topological polar surface area (TPSA) is 81.4 Å². The van der Waals surface area contributed by atoms with E-state index in [0.29, 0.717) is 28.8 Å². The fraction of sp³-hybridized carbons (Fsp3) is 0.167. The number of carbonyl (C=O) groups excluding carboxylic acids is 2. The van der Waals surface area contributed by atoms with E-state index in [1.165, 1.54) is 6.39 Å². The standard InChI is InChI=1S/C18H15BrN2O4/c1-2-15(17(22)21-13-6-4-12(19)5-7-13)25-18(23)11-3-8-14-16(9-11)24-10-20-14/h3-10,15H,2H2,1H3,(H,21,22). The molecular formula is C18H15BrN2O4. The van der Waals surface area contributed by atoms with Crippen LogP contribution in [0.1, 0.15) is 23.7 Å². The second-order valence-corrected chi connectivity index (χ2v) is 6.25. The van der Waals surface area contributed by atoms with E-state index in [2.05, 4.69) is 26.2 Å². The van der Waals surface area contributed by atoms with Crippen molar-refractivity contribution in [2.45, 2.75) is 19.4 Å². The molecule has 0 aliphatic carbocycles. The molecule has 0 radical (unpaired) electrons. The van der Waals surface area contributed by atoms with Crippen molar-refractivity contribution in [2.24, 2.45) is 0 Å². The summed E-state index contributed by atoms with van der Waals surface area (Å²) >= 11 is 3.33. The van der Waals surface area contributed by atoms with Crippen LogP contribution < -0.4 is 5.32 Å². The van der Waals surface area contributed by atoms with Crippen LogP contribution >= 0.6 is 15.9 Å². The zero-order chi connectivity index (χ0) is 17.8. The Morgan fingerprint density at radius 2 is 2.00 bits per heavy atom. The van der Waals surface area contributed by atoms with Gasteiger partial charge in [0, 0.05) is 10.2 Å². The molecule has 0 bridgehead atoms. The minimum absolute atomic E-state index is 0.305. The van der Waals surface area contributed by atoms with Crippen molar-refractivity contribution in [3.63, 3.8) is 0 Å². The van der Waals surface area contributed by atoms with Crippen molar-refractivity contribution in [3.05, 3.63) is 58.9 Å². The first-order valence-electron chi connectivity index (χ1n) is 7.67. The van der Waals surface area contributed by atoms with Crippen LogP contribution in [0.3, 0.4) is 0 Å². The van der Waals surface area contributed by atoms with Crippen molar-refractivity contribution in [3.8, 4) is 0 Å². The molecule has 0 spiro atoms. The Labute approximate surface area is 152 Å². The number of carbonyl (C=O) groups is 2. The van der Waals surface area contributed by atoms with Crippen molar-refractivity contribution in [1.29, 1.82) is 0 Å². The molecule has 1 unspecified atom stereocenters. The molecule has 0 fully saturated rings. The number of ether oxygens (including phenoxy) is 1. The van der Waals surface area contributed by atoms with E-state index < -0.39 is 12.1 Å². The van der Waals surface area contributed by atoms with Gasteiger partial charge < -0.3 is 14.5 Å². The molecule has 1 aromatic heterocycles. The maximum Gasteiger partial charge on any atom is 0.339 e. The molecule has 1 N–H and O–H groups in total. The molecular weight excluding hydrogens is 388 g/mol. The third-order valence-electron chi connectivity index (χ3n) is 3.59. The number of esters is 1. The Kier molecular flexibility index (Phi) is 5.14. The van der Waals surface area contributed by atoms with Crippen molar-refractivity contribution in [2.75, 3.05) is 5.32 Å². The summed E-state index contributed by atoms with van der Waals surface area (Å²) in [5.74, 6) is -0.963. The molecule has 1 heterocycles. The lowest BCUT2D eigenvalue weighted by atomic mass is 10.2. The summed E-state index contributed by atoms with van der Waals surface area (Å²) in [6, 6.07) is 11.9. The van der Waals surface area contributed by atoms with Gasteiger partial charge in [0.2, 0.25) is 0 Å². The fourth-order valence-electron chi connectivity index (χ4n) is 2.26. The molecule has 0 saturated carbocycles. The molecule has 0 saturated heterocycles. The molecule has 3 rings (SSSR count). The van der Waals surface area contributed by atoms with Gasteiger partial charge in [-0.1, -0.05) is 22.9 Å². The summed E-state index contributed by atoms with van der Waals surface area (Å²) in [6.45, 7) is 1.78. The van der Waals surface area contributed by atoms with Gasteiger partial charge in [0.15, 0.2) is 18.1 Å². The number of benzene rings is 2. The zero-order valence-electron chi connectivity index (χ0n) is 13.4. The van der Waals surface area contributed by atoms with Gasteiger partial charge in [0.05, 0.1) is 5.56 Å². The predicted molar refractivity (Wildman–Crippen MR) is 96.3 cm³/mol. The first-order chi connectivity index (χ1) is 12.1. The molecule has 1 amide bonds. The number of fused-ring (bicyclic) bond motifs is 1. The van der Waals surface area contributed by atoms with Crippen molar-refractivity contribution < 1.29 is 18.7 Å². The van der Waals surface area contributed by atoms with Gasteiger partial charge in [0.25, 0.3) is 5.91 Å². The van der Waals surface area contributed by atoms with E-state index in [-0.39, 0.29) is 5.91 Å². The number of oxazole rings is 1. The average molecular weight is 403 g/mol. The van der Waals surface area contributed by atoms with Gasteiger partial charge in [-0.3, -0.25) is 4.79 Å². The first-order valence-corrected chi connectivity index (χ1v) is 8.47. The zero-order valence-corrected chi connectivity index (χ0v) is 14.9. The van der Waals surface area contributed by atoms with E-state index in [4.69, 9.17) is 9.15 Å². The van der Waals surface area contributed by atoms with Crippen LogP contribution in [0.5, 0.6) is 0 Å². The third kappa shape index (κ3) is 4.06. The molecule has 1 atom stereocenters. The van der Waals surface area contributed by atoms with E-state index >= 15 is 0 Å². The summed E-state index contributed by atoms with van der Waals surface area (Å²) < 4.78 is 11.4. The smallest absolute Gasteiger partial charge is 0.339 e. The number of anilines is 1. The molecule has 128 valence electrons. The Bertz CT molecular complexity index is 905. The number of halogens is 1. The maximum absolute atomic E-state index is 12.3. The van der Waals surface area contributed by atoms with E-state index in [1.54, 1.807) is 37.3 Å². The summed E-state index contributed by atoms with van der Waals surface area (Å²) in [7, 11) is 0. The Balaban J connectivity index is 1.68. The molecule has 0 aliphatic heterocycles. The van der Waals surface area contributed by atoms with Crippen LogP contribution in [0, 0.1) is 0 Å². The second kappa shape index (κ2) is 7.48. The molecule has 25 heavy (non-hydrogen) atoms. The van der Waals surface area contributed by atoms with Gasteiger partial charge in [-0.25, -0.2) is 9.78 Å². The highest BCUT2D eigenvalue weighted by Gasteiger charge is 2.22. The average Bonchev–Trinajstić information content (AvgIpc) is 3.09. The third-order valence-corrected chi connectivity index (χ3v) is 4.12. The van der Waals surface area contributed by atoms with Crippen molar-refractivity contribution >= 4 is 44.6 Å². The highest BCUT2D eigenvalue weighted by Crippen LogP contribution is 2.17. The lowest BCUT2D eigenvalue weighted by Crippen LogP contribution is -2.32. The number of nitrogens with one attached hydrogen (secondary N) is 1. The first kappa shape index (κ1) is 17.2. The van der Waals surface area contributed by atoms with Crippen molar-refractivity contribution in [1.82, 2.24) is 4.98 Å². The van der Waals surface area contributed by atoms with Crippen LogP contribution in [-0.2, 0) is 9.53 Å². The number of nitrogens with zero attached hydrogens (tertiary/aromatic N) is 1. The van der Waals surface area contributed by atoms with Gasteiger partial charge >= 0.3 is 5.97 Å². The van der Waals surface area contributed by atoms with Crippen LogP contribution in [0.25, 0.3) is 11.1 Å². The minimum atomic E-state index is -0.887. The van der Waals surface area contributed by atoms with Crippen LogP contribution in [-0.4, -0.2) is 23.0 Å². The number of rotatable bonds is 5. The van der Waals surface area contributed by atoms with Crippen LogP contribution in [0.4, 0.5) is 5.69 Å². The van der Waals surface area contributed by atoms with Crippen LogP contribution in [0.2, 0.25) is 0 Å². The molecule has 2 aromatic carbocycles. The van der Waals surface area contributed by atoms with E-state index in [0.717, 1.165) is 4.47 Å². The van der Waals surface area contributed by atoms with E-state index in [9.17, 15) is 9.59 Å². The summed E-state index contributed by atoms with van der Waals surface area (Å²) in [4.78, 5) is 28.6. The normalized spacial score (nSPS) is 11.9. The van der Waals surface area contributed by atoms with Gasteiger partial charge in [-0.05, 0) is 48.9 Å². The highest BCUT2D eigenvalue weighted by atomic mass is 79.9. The lowest BCUT2D eigenvalue weighted by Gasteiger charge is -2.16.